The zero-order valence-electron chi connectivity index (χ0n) is 12.3. The molecule has 0 spiro atoms. The van der Waals surface area contributed by atoms with Crippen LogP contribution in [-0.2, 0) is 5.92 Å². The summed E-state index contributed by atoms with van der Waals surface area (Å²) in [6, 6.07) is 7.93. The third-order valence-electron chi connectivity index (χ3n) is 3.35. The highest BCUT2D eigenvalue weighted by molar-refractivity contribution is 5.65. The second-order valence-corrected chi connectivity index (χ2v) is 5.10. The molecule has 1 aromatic carbocycles. The van der Waals surface area contributed by atoms with Crippen LogP contribution in [0.25, 0.3) is 16.8 Å². The van der Waals surface area contributed by atoms with E-state index in [1.54, 1.807) is 6.07 Å². The smallest absolute Gasteiger partial charge is 0.406 e. The molecule has 0 aliphatic heterocycles. The molecule has 3 aromatic rings. The highest BCUT2D eigenvalue weighted by atomic mass is 19.4. The summed E-state index contributed by atoms with van der Waals surface area (Å²) in [5.74, 6) is -4.71. The quantitative estimate of drug-likeness (QED) is 0.726. The van der Waals surface area contributed by atoms with E-state index in [9.17, 15) is 22.0 Å². The fourth-order valence-electron chi connectivity index (χ4n) is 2.23. The van der Waals surface area contributed by atoms with Crippen LogP contribution < -0.4 is 4.74 Å². The summed E-state index contributed by atoms with van der Waals surface area (Å²) in [6.07, 6.45) is -3.48. The van der Waals surface area contributed by atoms with Gasteiger partial charge >= 0.3 is 12.3 Å². The molecule has 132 valence electrons. The van der Waals surface area contributed by atoms with Gasteiger partial charge in [-0.05, 0) is 35.4 Å². The summed E-state index contributed by atoms with van der Waals surface area (Å²) >= 11 is 0. The first-order valence-electron chi connectivity index (χ1n) is 6.90. The van der Waals surface area contributed by atoms with Crippen LogP contribution in [0.3, 0.4) is 0 Å². The summed E-state index contributed by atoms with van der Waals surface area (Å²) in [5.41, 5.74) is 1.06. The van der Waals surface area contributed by atoms with Crippen molar-refractivity contribution in [3.8, 4) is 16.9 Å². The van der Waals surface area contributed by atoms with Crippen molar-refractivity contribution in [3.63, 3.8) is 0 Å². The zero-order chi connectivity index (χ0) is 18.2. The maximum atomic E-state index is 13.7. The molecule has 0 saturated heterocycles. The van der Waals surface area contributed by atoms with Crippen molar-refractivity contribution in [2.75, 3.05) is 6.61 Å². The normalized spacial score (nSPS) is 12.6. The number of hydrogen-bond donors (Lipinski definition) is 1. The summed E-state index contributed by atoms with van der Waals surface area (Å²) in [5, 5.41) is 15.8. The van der Waals surface area contributed by atoms with Gasteiger partial charge in [0.05, 0.1) is 0 Å². The number of nitrogens with zero attached hydrogens (tertiary/aromatic N) is 3. The molecular weight excluding hydrogens is 349 g/mol. The SMILES string of the molecule is OCC(F)(F)c1nnc2ccc(-c3ccc(OC(F)(F)F)cc3)cn12. The van der Waals surface area contributed by atoms with Gasteiger partial charge in [0.25, 0.3) is 0 Å². The number of aliphatic hydroxyl groups excluding tert-OH is 1. The lowest BCUT2D eigenvalue weighted by Crippen LogP contribution is -2.22. The van der Waals surface area contributed by atoms with Crippen molar-refractivity contribution in [2.24, 2.45) is 0 Å². The van der Waals surface area contributed by atoms with Crippen LogP contribution in [0, 0.1) is 0 Å². The number of aliphatic hydroxyl groups is 1. The Labute approximate surface area is 137 Å². The van der Waals surface area contributed by atoms with Crippen LogP contribution >= 0.6 is 0 Å². The number of aromatic nitrogens is 3. The van der Waals surface area contributed by atoms with E-state index < -0.39 is 30.5 Å². The number of pyridine rings is 1. The second kappa shape index (κ2) is 5.96. The number of fused-ring (bicyclic) bond motifs is 1. The van der Waals surface area contributed by atoms with Gasteiger partial charge in [-0.3, -0.25) is 4.40 Å². The van der Waals surface area contributed by atoms with Gasteiger partial charge in [-0.2, -0.15) is 8.78 Å². The van der Waals surface area contributed by atoms with Crippen molar-refractivity contribution in [2.45, 2.75) is 12.3 Å². The zero-order valence-corrected chi connectivity index (χ0v) is 12.3. The highest BCUT2D eigenvalue weighted by Crippen LogP contribution is 2.29. The van der Waals surface area contributed by atoms with E-state index in [0.717, 1.165) is 16.5 Å². The lowest BCUT2D eigenvalue weighted by atomic mass is 10.1. The molecule has 25 heavy (non-hydrogen) atoms. The molecule has 3 rings (SSSR count). The van der Waals surface area contributed by atoms with Crippen LogP contribution in [0.2, 0.25) is 0 Å². The van der Waals surface area contributed by atoms with Crippen LogP contribution in [-0.4, -0.2) is 32.7 Å². The Hall–Kier alpha value is -2.75. The predicted molar refractivity (Wildman–Crippen MR) is 76.1 cm³/mol. The fraction of sp³-hybridized carbons (Fsp3) is 0.200. The Bertz CT molecular complexity index is 890. The molecule has 2 heterocycles. The van der Waals surface area contributed by atoms with Crippen molar-refractivity contribution in [1.29, 1.82) is 0 Å². The van der Waals surface area contributed by atoms with Crippen molar-refractivity contribution < 1.29 is 31.8 Å². The van der Waals surface area contributed by atoms with E-state index in [-0.39, 0.29) is 5.65 Å². The topological polar surface area (TPSA) is 59.7 Å². The minimum atomic E-state index is -4.80. The van der Waals surface area contributed by atoms with Crippen molar-refractivity contribution in [1.82, 2.24) is 14.6 Å². The summed E-state index contributed by atoms with van der Waals surface area (Å²) in [4.78, 5) is 0. The van der Waals surface area contributed by atoms with Crippen LogP contribution in [0.5, 0.6) is 5.75 Å². The number of ether oxygens (including phenoxy) is 1. The molecule has 0 atom stereocenters. The minimum Gasteiger partial charge on any atom is -0.406 e. The number of rotatable bonds is 4. The largest absolute Gasteiger partial charge is 0.573 e. The summed E-state index contributed by atoms with van der Waals surface area (Å²) < 4.78 is 68.7. The Kier molecular flexibility index (Phi) is 4.07. The lowest BCUT2D eigenvalue weighted by molar-refractivity contribution is -0.274. The van der Waals surface area contributed by atoms with Crippen LogP contribution in [0.4, 0.5) is 22.0 Å². The molecule has 10 heteroatoms. The third-order valence-corrected chi connectivity index (χ3v) is 3.35. The van der Waals surface area contributed by atoms with E-state index in [1.165, 1.54) is 24.4 Å². The molecule has 0 saturated carbocycles. The first-order chi connectivity index (χ1) is 11.7. The average molecular weight is 359 g/mol. The Morgan fingerprint density at radius 1 is 0.920 bits per heavy atom. The third kappa shape index (κ3) is 3.53. The molecule has 2 aromatic heterocycles. The second-order valence-electron chi connectivity index (χ2n) is 5.10. The Morgan fingerprint density at radius 2 is 1.56 bits per heavy atom. The van der Waals surface area contributed by atoms with Gasteiger partial charge in [-0.1, -0.05) is 12.1 Å². The minimum absolute atomic E-state index is 0.142. The molecule has 0 aliphatic rings. The average Bonchev–Trinajstić information content (AvgIpc) is 2.98. The van der Waals surface area contributed by atoms with E-state index in [4.69, 9.17) is 5.11 Å². The molecule has 0 bridgehead atoms. The summed E-state index contributed by atoms with van der Waals surface area (Å²) in [7, 11) is 0. The monoisotopic (exact) mass is 359 g/mol. The predicted octanol–water partition coefficient (Wildman–Crippen LogP) is 3.38. The maximum absolute atomic E-state index is 13.7. The molecule has 0 unspecified atom stereocenters. The highest BCUT2D eigenvalue weighted by Gasteiger charge is 2.36. The van der Waals surface area contributed by atoms with Crippen molar-refractivity contribution in [3.05, 3.63) is 48.4 Å². The standard InChI is InChI=1S/C15H10F5N3O2/c16-14(17,8-24)13-22-21-12-6-3-10(7-23(12)13)9-1-4-11(5-2-9)25-15(18,19)20/h1-7,24H,8H2. The molecule has 0 fully saturated rings. The Balaban J connectivity index is 1.98. The molecule has 5 nitrogen and oxygen atoms in total. The first kappa shape index (κ1) is 17.1. The fourth-order valence-corrected chi connectivity index (χ4v) is 2.23. The lowest BCUT2D eigenvalue weighted by Gasteiger charge is -2.12. The van der Waals surface area contributed by atoms with Gasteiger partial charge in [0, 0.05) is 6.20 Å². The molecule has 0 radical (unpaired) electrons. The number of benzene rings is 1. The maximum Gasteiger partial charge on any atom is 0.573 e. The van der Waals surface area contributed by atoms with Crippen LogP contribution in [0.15, 0.2) is 42.6 Å². The number of alkyl halides is 5. The van der Waals surface area contributed by atoms with Gasteiger partial charge in [0.2, 0.25) is 5.82 Å². The van der Waals surface area contributed by atoms with E-state index in [1.807, 2.05) is 0 Å². The molecule has 0 amide bonds. The Morgan fingerprint density at radius 3 is 2.16 bits per heavy atom. The molecule has 1 N–H and O–H groups in total. The van der Waals surface area contributed by atoms with Crippen molar-refractivity contribution >= 4 is 5.65 Å². The summed E-state index contributed by atoms with van der Waals surface area (Å²) in [6.45, 7) is -1.43. The number of halogens is 5. The number of hydrogen-bond acceptors (Lipinski definition) is 4. The van der Waals surface area contributed by atoms with E-state index in [2.05, 4.69) is 14.9 Å². The first-order valence-corrected chi connectivity index (χ1v) is 6.90. The molecular formula is C15H10F5N3O2. The van der Waals surface area contributed by atoms with Gasteiger partial charge in [0.1, 0.15) is 12.4 Å². The van der Waals surface area contributed by atoms with Gasteiger partial charge in [0.15, 0.2) is 5.65 Å². The van der Waals surface area contributed by atoms with Gasteiger partial charge in [-0.25, -0.2) is 0 Å². The van der Waals surface area contributed by atoms with Crippen LogP contribution in [0.1, 0.15) is 5.82 Å². The van der Waals surface area contributed by atoms with Gasteiger partial charge < -0.3 is 9.84 Å². The van der Waals surface area contributed by atoms with E-state index in [0.29, 0.717) is 11.1 Å². The molecule has 0 aliphatic carbocycles. The van der Waals surface area contributed by atoms with E-state index >= 15 is 0 Å². The van der Waals surface area contributed by atoms with Gasteiger partial charge in [-0.15, -0.1) is 23.4 Å².